The Hall–Kier alpha value is -3.80. The number of nitrogens with two attached hydrogens (primary N) is 5. The van der Waals surface area contributed by atoms with Gasteiger partial charge in [-0.2, -0.15) is 0 Å². The van der Waals surface area contributed by atoms with Crippen LogP contribution in [0, 0.1) is 5.92 Å². The Morgan fingerprint density at radius 1 is 0.604 bits per heavy atom. The molecule has 7 fully saturated rings. The molecule has 18 heteroatoms. The molecule has 0 spiro atoms. The molecular formula is C78H152N14O4. The van der Waals surface area contributed by atoms with E-state index in [4.69, 9.17) is 27.7 Å². The molecule has 5 aliphatic heterocycles. The zero-order valence-corrected chi connectivity index (χ0v) is 63.3. The summed E-state index contributed by atoms with van der Waals surface area (Å²) in [5.41, 5.74) is 28.8. The normalized spacial score (nSPS) is 18.6. The highest BCUT2D eigenvalue weighted by Crippen LogP contribution is 2.40. The van der Waals surface area contributed by atoms with Gasteiger partial charge in [-0.05, 0) is 232 Å². The van der Waals surface area contributed by atoms with E-state index in [-0.39, 0.29) is 12.0 Å². The highest BCUT2D eigenvalue weighted by Gasteiger charge is 2.38. The number of hydrogen-bond donors (Lipinski definition) is 12. The van der Waals surface area contributed by atoms with Crippen molar-refractivity contribution in [3.05, 3.63) is 108 Å². The molecule has 0 aromatic heterocycles. The van der Waals surface area contributed by atoms with Crippen molar-refractivity contribution >= 4 is 11.7 Å². The predicted molar refractivity (Wildman–Crippen MR) is 414 cm³/mol. The molecular weight excluding hydrogens is 1200 g/mol. The van der Waals surface area contributed by atoms with Crippen LogP contribution in [0.25, 0.3) is 0 Å². The fourth-order valence-corrected chi connectivity index (χ4v) is 11.9. The Labute approximate surface area is 589 Å². The fraction of sp³-hybridized carbons (Fsp3) is 0.744. The number of amides is 1. The van der Waals surface area contributed by atoms with Gasteiger partial charge in [-0.15, -0.1) is 0 Å². The smallest absolute Gasteiger partial charge is 0.231 e. The molecule has 0 bridgehead atoms. The number of nitrogens with one attached hydrogen (secondary N) is 7. The summed E-state index contributed by atoms with van der Waals surface area (Å²) in [4.78, 5) is 26.7. The summed E-state index contributed by atoms with van der Waals surface area (Å²) in [6.45, 7) is 34.0. The number of ether oxygens (including phenoxy) is 2. The van der Waals surface area contributed by atoms with Crippen molar-refractivity contribution in [3.63, 3.8) is 0 Å². The predicted octanol–water partition coefficient (Wildman–Crippen LogP) is 9.87. The molecule has 2 saturated carbocycles. The average Bonchev–Trinajstić information content (AvgIpc) is 1.13. The SMILES string of the molecule is C1CCN(C2CCNCC2)C1.C1CN[C@H](CN2CCCC2)C1.CC(=O)C1(c2ccccc2)CCCCC1.CCCCNCC.CCNC.CCNCC.CNC.COCCN.NCC(N)=O.NCC1CCCCC1.NC[C@H]1CCCO1.c1ccc(CNCc2ccccc2)cc1. The van der Waals surface area contributed by atoms with Crippen molar-refractivity contribution in [1.82, 2.24) is 47.0 Å². The minimum atomic E-state index is -0.468. The molecule has 0 radical (unpaired) electrons. The first-order valence-electron chi connectivity index (χ1n) is 37.9. The van der Waals surface area contributed by atoms with Gasteiger partial charge in [-0.25, -0.2) is 0 Å². The van der Waals surface area contributed by atoms with Crippen molar-refractivity contribution in [2.24, 2.45) is 34.6 Å². The molecule has 96 heavy (non-hydrogen) atoms. The lowest BCUT2D eigenvalue weighted by atomic mass is 9.67. The maximum Gasteiger partial charge on any atom is 0.231 e. The molecule has 18 nitrogen and oxygen atoms in total. The molecule has 1 amide bonds. The Bertz CT molecular complexity index is 1940. The first-order chi connectivity index (χ1) is 46.8. The quantitative estimate of drug-likeness (QED) is 0.0442. The van der Waals surface area contributed by atoms with Gasteiger partial charge in [0.25, 0.3) is 0 Å². The molecule has 5 heterocycles. The summed E-state index contributed by atoms with van der Waals surface area (Å²) < 4.78 is 9.74. The molecule has 2 aliphatic carbocycles. The number of unbranched alkanes of at least 4 members (excludes halogenated alkanes) is 1. The number of nitrogens with zero attached hydrogens (tertiary/aromatic N) is 2. The lowest BCUT2D eigenvalue weighted by Gasteiger charge is -2.35. The molecule has 3 aromatic carbocycles. The number of methoxy groups -OCH3 is 1. The minimum Gasteiger partial charge on any atom is -0.383 e. The second-order valence-corrected chi connectivity index (χ2v) is 25.6. The van der Waals surface area contributed by atoms with Gasteiger partial charge in [0, 0.05) is 58.5 Å². The van der Waals surface area contributed by atoms with Gasteiger partial charge < -0.3 is 85.2 Å². The number of carbonyl (C=O) groups is 2. The number of benzene rings is 3. The minimum absolute atomic E-state index is 0.0556. The second-order valence-electron chi connectivity index (χ2n) is 25.6. The van der Waals surface area contributed by atoms with Crippen LogP contribution in [0.4, 0.5) is 0 Å². The van der Waals surface area contributed by atoms with Crippen LogP contribution < -0.4 is 65.9 Å². The third kappa shape index (κ3) is 54.1. The Balaban J connectivity index is 0. The van der Waals surface area contributed by atoms with Crippen molar-refractivity contribution in [2.45, 2.75) is 219 Å². The van der Waals surface area contributed by atoms with Gasteiger partial charge in [0.1, 0.15) is 5.78 Å². The van der Waals surface area contributed by atoms with Crippen molar-refractivity contribution in [2.75, 3.05) is 153 Å². The zero-order chi connectivity index (χ0) is 71.2. The van der Waals surface area contributed by atoms with Crippen molar-refractivity contribution in [1.29, 1.82) is 0 Å². The molecule has 7 aliphatic rings. The van der Waals surface area contributed by atoms with Crippen LogP contribution in [-0.2, 0) is 37.6 Å². The van der Waals surface area contributed by atoms with E-state index < -0.39 is 5.91 Å². The van der Waals surface area contributed by atoms with Crippen LogP contribution in [0.15, 0.2) is 91.0 Å². The third-order valence-electron chi connectivity index (χ3n) is 17.5. The number of Topliss-reactive ketones (excluding diaryl/α,β-unsaturated/α-hetero) is 1. The van der Waals surface area contributed by atoms with Gasteiger partial charge in [-0.1, -0.05) is 171 Å². The zero-order valence-electron chi connectivity index (χ0n) is 63.3. The van der Waals surface area contributed by atoms with Crippen LogP contribution in [0.1, 0.15) is 199 Å². The summed E-state index contributed by atoms with van der Waals surface area (Å²) in [5, 5.41) is 22.4. The van der Waals surface area contributed by atoms with E-state index in [0.29, 0.717) is 31.6 Å². The Morgan fingerprint density at radius 3 is 1.48 bits per heavy atom. The molecule has 3 aromatic rings. The van der Waals surface area contributed by atoms with E-state index in [1.54, 1.807) is 14.0 Å². The van der Waals surface area contributed by atoms with Gasteiger partial charge in [-0.3, -0.25) is 9.59 Å². The van der Waals surface area contributed by atoms with Crippen molar-refractivity contribution in [3.8, 4) is 0 Å². The number of primary amides is 1. The first-order valence-corrected chi connectivity index (χ1v) is 37.9. The molecule has 0 unspecified atom stereocenters. The summed E-state index contributed by atoms with van der Waals surface area (Å²) >= 11 is 0. The number of likely N-dealkylation sites (tertiary alicyclic amines) is 2. The van der Waals surface area contributed by atoms with E-state index in [9.17, 15) is 9.59 Å². The second kappa shape index (κ2) is 71.0. The average molecular weight is 1350 g/mol. The number of hydrogen-bond acceptors (Lipinski definition) is 17. The third-order valence-corrected chi connectivity index (χ3v) is 17.5. The molecule has 5 saturated heterocycles. The van der Waals surface area contributed by atoms with Crippen LogP contribution in [-0.4, -0.2) is 192 Å². The monoisotopic (exact) mass is 1350 g/mol. The summed E-state index contributed by atoms with van der Waals surface area (Å²) in [7, 11) is 7.31. The molecule has 558 valence electrons. The van der Waals surface area contributed by atoms with Crippen LogP contribution in [0.5, 0.6) is 0 Å². The van der Waals surface area contributed by atoms with E-state index in [2.05, 4.69) is 153 Å². The Kier molecular flexibility index (Phi) is 69.7. The van der Waals surface area contributed by atoms with E-state index in [0.717, 1.165) is 89.7 Å². The van der Waals surface area contributed by atoms with Gasteiger partial charge in [0.05, 0.1) is 24.7 Å². The summed E-state index contributed by atoms with van der Waals surface area (Å²) in [5.74, 6) is 0.738. The highest BCUT2D eigenvalue weighted by atomic mass is 16.5. The van der Waals surface area contributed by atoms with E-state index >= 15 is 0 Å². The largest absolute Gasteiger partial charge is 0.383 e. The van der Waals surface area contributed by atoms with Crippen molar-refractivity contribution < 1.29 is 19.1 Å². The number of piperidine rings is 1. The summed E-state index contributed by atoms with van der Waals surface area (Å²) in [6, 6.07) is 32.9. The molecule has 10 rings (SSSR count). The fourth-order valence-electron chi connectivity index (χ4n) is 11.9. The van der Waals surface area contributed by atoms with Crippen LogP contribution >= 0.6 is 0 Å². The maximum atomic E-state index is 11.9. The lowest BCUT2D eigenvalue weighted by Crippen LogP contribution is -2.41. The summed E-state index contributed by atoms with van der Waals surface area (Å²) in [6.07, 6.45) is 29.4. The van der Waals surface area contributed by atoms with Crippen LogP contribution in [0.2, 0.25) is 0 Å². The number of rotatable bonds is 21. The lowest BCUT2D eigenvalue weighted by molar-refractivity contribution is -0.123. The van der Waals surface area contributed by atoms with Crippen LogP contribution in [0.3, 0.4) is 0 Å². The number of ketones is 1. The van der Waals surface area contributed by atoms with E-state index in [1.165, 1.54) is 198 Å². The first kappa shape index (κ1) is 94.3. The molecule has 2 atom stereocenters. The topological polar surface area (TPSA) is 273 Å². The number of carbonyl (C=O) groups excluding carboxylic acids is 2. The van der Waals surface area contributed by atoms with Gasteiger partial charge >= 0.3 is 0 Å². The Morgan fingerprint density at radius 2 is 1.11 bits per heavy atom. The molecule has 17 N–H and O–H groups in total. The highest BCUT2D eigenvalue weighted by molar-refractivity contribution is 5.88. The van der Waals surface area contributed by atoms with Gasteiger partial charge in [0.15, 0.2) is 0 Å². The van der Waals surface area contributed by atoms with Gasteiger partial charge in [0.2, 0.25) is 5.91 Å². The standard InChI is InChI=1S/C14H15N.C14H18O.2C9H18N2.C7H15N.C6H15N.C5H11NO.C4H11N.C3H9NO.C3H9N.C2H6N2O.C2H7N/c1-3-7-13(8-4-1)11-15-12-14-9-5-2-6-10-14;1-12(15)14(10-6-3-7-11-14)13-8-4-2-5-9-13;1-2-8-11(7-1)9-3-5-10-6-4-9;1-2-7-11(6-1)8-9-4-3-5-10-9;8-6-7-4-2-1-3-5-7;1-3-5-6-7-4-2;6-4-5-2-1-3-7-5;1-3-5-4-2;1-5-3-2-4;1-3-4-2;3-1-2(4)5;1-3-2/h1-10,15H,11-12H2;2,4-5,8-9H,3,6-7,10-11H2,1H3;2*9-10H,1-8H2;7H,1-6,8H2;7H,3-6H2,1-2H3;5H,1-4,6H2;5H,3-4H2,1-2H3;2-4H2,1H3;4H,3H2,1-2H3;1,3H2,(H2,4,5);3H,1-2H3/t;;;9-;;;5-;;;;;/m...0..1...../s1. The van der Waals surface area contributed by atoms with E-state index in [1.807, 2.05) is 51.5 Å². The maximum absolute atomic E-state index is 11.9.